The minimum atomic E-state index is 0.124. The van der Waals surface area contributed by atoms with Crippen molar-refractivity contribution >= 4 is 11.8 Å². The number of benzene rings is 1. The molecule has 5 heteroatoms. The van der Waals surface area contributed by atoms with Crippen LogP contribution in [0.1, 0.15) is 18.0 Å². The third-order valence-corrected chi connectivity index (χ3v) is 3.90. The van der Waals surface area contributed by atoms with Crippen LogP contribution in [0.15, 0.2) is 64.3 Å². The van der Waals surface area contributed by atoms with Crippen LogP contribution in [0.4, 0.5) is 0 Å². The SMILES string of the molecule is C[C@@H](Sc1ccncc1)c1noc(-c2ccccc2)n1. The van der Waals surface area contributed by atoms with Crippen molar-refractivity contribution in [2.24, 2.45) is 0 Å². The van der Waals surface area contributed by atoms with E-state index in [1.807, 2.05) is 42.5 Å². The van der Waals surface area contributed by atoms with Gasteiger partial charge in [-0.1, -0.05) is 23.4 Å². The Labute approximate surface area is 121 Å². The van der Waals surface area contributed by atoms with Crippen molar-refractivity contribution in [3.8, 4) is 11.5 Å². The first-order chi connectivity index (χ1) is 9.83. The van der Waals surface area contributed by atoms with Crippen LogP contribution in [-0.4, -0.2) is 15.1 Å². The van der Waals surface area contributed by atoms with E-state index >= 15 is 0 Å². The maximum Gasteiger partial charge on any atom is 0.257 e. The summed E-state index contributed by atoms with van der Waals surface area (Å²) in [6.07, 6.45) is 3.56. The monoisotopic (exact) mass is 283 g/mol. The van der Waals surface area contributed by atoms with Crippen LogP contribution < -0.4 is 0 Å². The van der Waals surface area contributed by atoms with E-state index in [9.17, 15) is 0 Å². The average Bonchev–Trinajstić information content (AvgIpc) is 2.99. The van der Waals surface area contributed by atoms with Crippen LogP contribution in [0.5, 0.6) is 0 Å². The van der Waals surface area contributed by atoms with Gasteiger partial charge in [-0.15, -0.1) is 11.8 Å². The Morgan fingerprint density at radius 2 is 1.80 bits per heavy atom. The molecule has 0 saturated carbocycles. The predicted molar refractivity (Wildman–Crippen MR) is 78.2 cm³/mol. The lowest BCUT2D eigenvalue weighted by molar-refractivity contribution is 0.423. The summed E-state index contributed by atoms with van der Waals surface area (Å²) in [6.45, 7) is 2.06. The van der Waals surface area contributed by atoms with Gasteiger partial charge in [0.25, 0.3) is 5.89 Å². The number of rotatable bonds is 4. The van der Waals surface area contributed by atoms with E-state index in [-0.39, 0.29) is 5.25 Å². The number of thioether (sulfide) groups is 1. The van der Waals surface area contributed by atoms with Crippen molar-refractivity contribution in [3.63, 3.8) is 0 Å². The number of aromatic nitrogens is 3. The highest BCUT2D eigenvalue weighted by molar-refractivity contribution is 7.99. The summed E-state index contributed by atoms with van der Waals surface area (Å²) in [6, 6.07) is 13.7. The Balaban J connectivity index is 1.77. The minimum Gasteiger partial charge on any atom is -0.334 e. The van der Waals surface area contributed by atoms with Crippen molar-refractivity contribution < 1.29 is 4.52 Å². The van der Waals surface area contributed by atoms with Crippen LogP contribution in [0, 0.1) is 0 Å². The van der Waals surface area contributed by atoms with Gasteiger partial charge in [0, 0.05) is 22.9 Å². The van der Waals surface area contributed by atoms with E-state index in [0.717, 1.165) is 10.5 Å². The number of pyridine rings is 1. The molecular formula is C15H13N3OS. The molecule has 0 N–H and O–H groups in total. The molecule has 1 atom stereocenters. The average molecular weight is 283 g/mol. The highest BCUT2D eigenvalue weighted by Gasteiger charge is 2.15. The fourth-order valence-corrected chi connectivity index (χ4v) is 2.66. The zero-order chi connectivity index (χ0) is 13.8. The fourth-order valence-electron chi connectivity index (χ4n) is 1.77. The largest absolute Gasteiger partial charge is 0.334 e. The predicted octanol–water partition coefficient (Wildman–Crippen LogP) is 3.98. The van der Waals surface area contributed by atoms with Crippen molar-refractivity contribution in [1.29, 1.82) is 0 Å². The molecule has 0 aliphatic carbocycles. The highest BCUT2D eigenvalue weighted by atomic mass is 32.2. The molecule has 3 aromatic rings. The third-order valence-electron chi connectivity index (χ3n) is 2.79. The zero-order valence-electron chi connectivity index (χ0n) is 10.9. The molecule has 100 valence electrons. The molecule has 2 aromatic heterocycles. The normalized spacial score (nSPS) is 12.2. The Bertz CT molecular complexity index is 670. The van der Waals surface area contributed by atoms with Gasteiger partial charge in [0.1, 0.15) is 0 Å². The van der Waals surface area contributed by atoms with Crippen molar-refractivity contribution in [2.75, 3.05) is 0 Å². The van der Waals surface area contributed by atoms with Crippen LogP contribution in [0.3, 0.4) is 0 Å². The standard InChI is InChI=1S/C15H13N3OS/c1-11(20-13-7-9-16-10-8-13)14-17-15(19-18-14)12-5-3-2-4-6-12/h2-11H,1H3/t11-/m1/s1. The first-order valence-corrected chi connectivity index (χ1v) is 7.16. The van der Waals surface area contributed by atoms with Gasteiger partial charge < -0.3 is 4.52 Å². The summed E-state index contributed by atoms with van der Waals surface area (Å²) in [5.74, 6) is 1.26. The Morgan fingerprint density at radius 1 is 1.05 bits per heavy atom. The minimum absolute atomic E-state index is 0.124. The molecular weight excluding hydrogens is 270 g/mol. The summed E-state index contributed by atoms with van der Waals surface area (Å²) >= 11 is 1.68. The molecule has 0 bridgehead atoms. The third kappa shape index (κ3) is 2.88. The second kappa shape index (κ2) is 5.88. The number of hydrogen-bond acceptors (Lipinski definition) is 5. The van der Waals surface area contributed by atoms with Crippen molar-refractivity contribution in [1.82, 2.24) is 15.1 Å². The van der Waals surface area contributed by atoms with Crippen molar-refractivity contribution in [3.05, 3.63) is 60.7 Å². The summed E-state index contributed by atoms with van der Waals surface area (Å²) in [5, 5.41) is 4.19. The van der Waals surface area contributed by atoms with Crippen LogP contribution in [-0.2, 0) is 0 Å². The molecule has 0 unspecified atom stereocenters. The first kappa shape index (κ1) is 12.9. The molecule has 20 heavy (non-hydrogen) atoms. The van der Waals surface area contributed by atoms with Gasteiger partial charge in [0.2, 0.25) is 0 Å². The van der Waals surface area contributed by atoms with E-state index in [4.69, 9.17) is 4.52 Å². The molecule has 2 heterocycles. The van der Waals surface area contributed by atoms with E-state index < -0.39 is 0 Å². The van der Waals surface area contributed by atoms with Crippen molar-refractivity contribution in [2.45, 2.75) is 17.1 Å². The molecule has 0 amide bonds. The zero-order valence-corrected chi connectivity index (χ0v) is 11.7. The summed E-state index contributed by atoms with van der Waals surface area (Å²) in [5.41, 5.74) is 0.937. The summed E-state index contributed by atoms with van der Waals surface area (Å²) < 4.78 is 5.32. The first-order valence-electron chi connectivity index (χ1n) is 6.28. The number of nitrogens with zero attached hydrogens (tertiary/aromatic N) is 3. The Morgan fingerprint density at radius 3 is 2.55 bits per heavy atom. The van der Waals surface area contributed by atoms with Gasteiger partial charge in [-0.25, -0.2) is 0 Å². The topological polar surface area (TPSA) is 51.8 Å². The molecule has 0 spiro atoms. The maximum atomic E-state index is 5.32. The van der Waals surface area contributed by atoms with E-state index in [0.29, 0.717) is 11.7 Å². The number of hydrogen-bond donors (Lipinski definition) is 0. The molecule has 0 saturated heterocycles. The Hall–Kier alpha value is -2.14. The van der Waals surface area contributed by atoms with Gasteiger partial charge >= 0.3 is 0 Å². The molecule has 4 nitrogen and oxygen atoms in total. The summed E-state index contributed by atoms with van der Waals surface area (Å²) in [4.78, 5) is 9.61. The lowest BCUT2D eigenvalue weighted by atomic mass is 10.2. The lowest BCUT2D eigenvalue weighted by Crippen LogP contribution is -1.91. The Kier molecular flexibility index (Phi) is 3.78. The van der Waals surface area contributed by atoms with Crippen LogP contribution >= 0.6 is 11.8 Å². The molecule has 0 radical (unpaired) electrons. The van der Waals surface area contributed by atoms with Crippen LogP contribution in [0.25, 0.3) is 11.5 Å². The molecule has 0 aliphatic heterocycles. The highest BCUT2D eigenvalue weighted by Crippen LogP contribution is 2.33. The molecule has 3 rings (SSSR count). The van der Waals surface area contributed by atoms with Gasteiger partial charge in [0.05, 0.1) is 5.25 Å². The van der Waals surface area contributed by atoms with Gasteiger partial charge in [-0.2, -0.15) is 4.98 Å². The van der Waals surface area contributed by atoms with Gasteiger partial charge in [0.15, 0.2) is 5.82 Å². The van der Waals surface area contributed by atoms with Gasteiger partial charge in [-0.3, -0.25) is 4.98 Å². The molecule has 1 aromatic carbocycles. The lowest BCUT2D eigenvalue weighted by Gasteiger charge is -2.05. The van der Waals surface area contributed by atoms with Crippen LogP contribution in [0.2, 0.25) is 0 Å². The second-order valence-corrected chi connectivity index (χ2v) is 5.68. The van der Waals surface area contributed by atoms with E-state index in [1.54, 1.807) is 24.2 Å². The van der Waals surface area contributed by atoms with E-state index in [1.165, 1.54) is 0 Å². The van der Waals surface area contributed by atoms with Gasteiger partial charge in [-0.05, 0) is 31.2 Å². The maximum absolute atomic E-state index is 5.32. The second-order valence-electron chi connectivity index (χ2n) is 4.27. The molecule has 0 aliphatic rings. The van der Waals surface area contributed by atoms with E-state index in [2.05, 4.69) is 22.0 Å². The molecule has 0 fully saturated rings. The smallest absolute Gasteiger partial charge is 0.257 e. The summed E-state index contributed by atoms with van der Waals surface area (Å²) in [7, 11) is 0. The quantitative estimate of drug-likeness (QED) is 0.678. The fraction of sp³-hybridized carbons (Fsp3) is 0.133.